The van der Waals surface area contributed by atoms with Crippen molar-refractivity contribution < 1.29 is 0 Å². The van der Waals surface area contributed by atoms with Gasteiger partial charge in [0.2, 0.25) is 0 Å². The zero-order valence-electron chi connectivity index (χ0n) is 13.0. The minimum Gasteiger partial charge on any atom is -0.312 e. The SMILES string of the molecule is CCCc1ccc(C2CCC2CNC(C)(C)C)cc1. The Balaban J connectivity index is 1.91. The van der Waals surface area contributed by atoms with E-state index in [2.05, 4.69) is 57.3 Å². The smallest absolute Gasteiger partial charge is 0.00966 e. The molecule has 1 saturated carbocycles. The maximum atomic E-state index is 3.66. The summed E-state index contributed by atoms with van der Waals surface area (Å²) in [6.45, 7) is 10.2. The molecular weight excluding hydrogens is 230 g/mol. The van der Waals surface area contributed by atoms with E-state index < -0.39 is 0 Å². The molecule has 0 spiro atoms. The van der Waals surface area contributed by atoms with Gasteiger partial charge in [0.05, 0.1) is 0 Å². The second kappa shape index (κ2) is 6.09. The van der Waals surface area contributed by atoms with Crippen molar-refractivity contribution in [1.29, 1.82) is 0 Å². The minimum absolute atomic E-state index is 0.241. The van der Waals surface area contributed by atoms with Crippen molar-refractivity contribution >= 4 is 0 Å². The third kappa shape index (κ3) is 4.07. The molecule has 1 N–H and O–H groups in total. The number of aryl methyl sites for hydroxylation is 1. The van der Waals surface area contributed by atoms with Crippen LogP contribution in [-0.4, -0.2) is 12.1 Å². The molecule has 1 fully saturated rings. The highest BCUT2D eigenvalue weighted by atomic mass is 14.9. The summed E-state index contributed by atoms with van der Waals surface area (Å²) in [5, 5.41) is 3.66. The molecule has 1 aliphatic rings. The van der Waals surface area contributed by atoms with Crippen molar-refractivity contribution in [2.24, 2.45) is 5.92 Å². The lowest BCUT2D eigenvalue weighted by Gasteiger charge is -2.39. The van der Waals surface area contributed by atoms with Gasteiger partial charge in [0.15, 0.2) is 0 Å². The van der Waals surface area contributed by atoms with E-state index in [1.807, 2.05) is 0 Å². The number of hydrogen-bond donors (Lipinski definition) is 1. The maximum Gasteiger partial charge on any atom is 0.00966 e. The lowest BCUT2D eigenvalue weighted by Crippen LogP contribution is -2.42. The summed E-state index contributed by atoms with van der Waals surface area (Å²) >= 11 is 0. The number of benzene rings is 1. The Morgan fingerprint density at radius 3 is 2.26 bits per heavy atom. The molecule has 0 aromatic heterocycles. The van der Waals surface area contributed by atoms with Crippen molar-refractivity contribution in [3.63, 3.8) is 0 Å². The Hall–Kier alpha value is -0.820. The van der Waals surface area contributed by atoms with Gasteiger partial charge < -0.3 is 5.32 Å². The van der Waals surface area contributed by atoms with Crippen LogP contribution in [0.15, 0.2) is 24.3 Å². The van der Waals surface area contributed by atoms with Crippen LogP contribution in [0.2, 0.25) is 0 Å². The van der Waals surface area contributed by atoms with E-state index in [4.69, 9.17) is 0 Å². The summed E-state index contributed by atoms with van der Waals surface area (Å²) in [5.74, 6) is 1.61. The molecule has 1 nitrogen and oxygen atoms in total. The van der Waals surface area contributed by atoms with Crippen LogP contribution in [0.25, 0.3) is 0 Å². The molecule has 1 aliphatic carbocycles. The fraction of sp³-hybridized carbons (Fsp3) is 0.667. The van der Waals surface area contributed by atoms with Crippen LogP contribution < -0.4 is 5.32 Å². The van der Waals surface area contributed by atoms with Crippen molar-refractivity contribution in [3.8, 4) is 0 Å². The van der Waals surface area contributed by atoms with Gasteiger partial charge >= 0.3 is 0 Å². The van der Waals surface area contributed by atoms with Crippen LogP contribution in [0.5, 0.6) is 0 Å². The van der Waals surface area contributed by atoms with Crippen LogP contribution in [-0.2, 0) is 6.42 Å². The molecule has 0 heterocycles. The summed E-state index contributed by atoms with van der Waals surface area (Å²) in [6, 6.07) is 9.37. The highest BCUT2D eigenvalue weighted by Gasteiger charge is 2.32. The zero-order valence-corrected chi connectivity index (χ0v) is 13.0. The van der Waals surface area contributed by atoms with Crippen LogP contribution >= 0.6 is 0 Å². The van der Waals surface area contributed by atoms with Gasteiger partial charge in [-0.05, 0) is 69.5 Å². The molecule has 2 unspecified atom stereocenters. The largest absolute Gasteiger partial charge is 0.312 e. The molecule has 1 heteroatoms. The Morgan fingerprint density at radius 2 is 1.79 bits per heavy atom. The van der Waals surface area contributed by atoms with E-state index in [1.54, 1.807) is 5.56 Å². The van der Waals surface area contributed by atoms with Crippen molar-refractivity contribution in [1.82, 2.24) is 5.32 Å². The van der Waals surface area contributed by atoms with Crippen LogP contribution in [0.3, 0.4) is 0 Å². The normalized spacial score (nSPS) is 23.2. The average Bonchev–Trinajstić information content (AvgIpc) is 2.29. The molecule has 2 atom stereocenters. The van der Waals surface area contributed by atoms with E-state index in [9.17, 15) is 0 Å². The summed E-state index contributed by atoms with van der Waals surface area (Å²) in [4.78, 5) is 0. The van der Waals surface area contributed by atoms with Crippen molar-refractivity contribution in [2.75, 3.05) is 6.54 Å². The number of hydrogen-bond acceptors (Lipinski definition) is 1. The Bertz CT molecular complexity index is 385. The zero-order chi connectivity index (χ0) is 13.9. The molecule has 0 amide bonds. The quantitative estimate of drug-likeness (QED) is 0.819. The Labute approximate surface area is 118 Å². The average molecular weight is 259 g/mol. The summed E-state index contributed by atoms with van der Waals surface area (Å²) in [5.41, 5.74) is 3.27. The van der Waals surface area contributed by atoms with Gasteiger partial charge in [-0.25, -0.2) is 0 Å². The Morgan fingerprint density at radius 1 is 1.11 bits per heavy atom. The predicted octanol–water partition coefficient (Wildman–Crippen LogP) is 4.52. The van der Waals surface area contributed by atoms with E-state index >= 15 is 0 Å². The maximum absolute atomic E-state index is 3.66. The lowest BCUT2D eigenvalue weighted by atomic mass is 9.69. The molecular formula is C18H29N. The van der Waals surface area contributed by atoms with Gasteiger partial charge in [-0.1, -0.05) is 37.6 Å². The van der Waals surface area contributed by atoms with Crippen LogP contribution in [0, 0.1) is 5.92 Å². The molecule has 1 aromatic rings. The van der Waals surface area contributed by atoms with Gasteiger partial charge in [0, 0.05) is 5.54 Å². The molecule has 19 heavy (non-hydrogen) atoms. The third-order valence-corrected chi connectivity index (χ3v) is 4.26. The first-order chi connectivity index (χ1) is 8.99. The second-order valence-corrected chi connectivity index (χ2v) is 7.07. The van der Waals surface area contributed by atoms with Crippen LogP contribution in [0.1, 0.15) is 64.0 Å². The molecule has 0 saturated heterocycles. The van der Waals surface area contributed by atoms with E-state index in [0.29, 0.717) is 0 Å². The van der Waals surface area contributed by atoms with Gasteiger partial charge in [-0.15, -0.1) is 0 Å². The molecule has 106 valence electrons. The van der Waals surface area contributed by atoms with Gasteiger partial charge in [0.25, 0.3) is 0 Å². The fourth-order valence-corrected chi connectivity index (χ4v) is 2.91. The number of rotatable bonds is 5. The summed E-state index contributed by atoms with van der Waals surface area (Å²) < 4.78 is 0. The summed E-state index contributed by atoms with van der Waals surface area (Å²) in [6.07, 6.45) is 5.19. The summed E-state index contributed by atoms with van der Waals surface area (Å²) in [7, 11) is 0. The third-order valence-electron chi connectivity index (χ3n) is 4.26. The number of nitrogens with one attached hydrogen (secondary N) is 1. The lowest BCUT2D eigenvalue weighted by molar-refractivity contribution is 0.226. The first-order valence-electron chi connectivity index (χ1n) is 7.83. The predicted molar refractivity (Wildman–Crippen MR) is 83.7 cm³/mol. The van der Waals surface area contributed by atoms with E-state index in [-0.39, 0.29) is 5.54 Å². The molecule has 0 aliphatic heterocycles. The van der Waals surface area contributed by atoms with Gasteiger partial charge in [0.1, 0.15) is 0 Å². The molecule has 2 rings (SSSR count). The monoisotopic (exact) mass is 259 g/mol. The molecule has 1 aromatic carbocycles. The Kier molecular flexibility index (Phi) is 4.67. The second-order valence-electron chi connectivity index (χ2n) is 7.07. The topological polar surface area (TPSA) is 12.0 Å². The van der Waals surface area contributed by atoms with Crippen molar-refractivity contribution in [2.45, 2.75) is 64.8 Å². The van der Waals surface area contributed by atoms with Crippen LogP contribution in [0.4, 0.5) is 0 Å². The molecule has 0 bridgehead atoms. The standard InChI is InChI=1S/C18H29N/c1-5-6-14-7-9-15(10-8-14)17-12-11-16(17)13-19-18(2,3)4/h7-10,16-17,19H,5-6,11-13H2,1-4H3. The molecule has 0 radical (unpaired) electrons. The first kappa shape index (κ1) is 14.6. The van der Waals surface area contributed by atoms with Gasteiger partial charge in [-0.3, -0.25) is 0 Å². The van der Waals surface area contributed by atoms with Gasteiger partial charge in [-0.2, -0.15) is 0 Å². The van der Waals surface area contributed by atoms with E-state index in [0.717, 1.165) is 18.4 Å². The highest BCUT2D eigenvalue weighted by Crippen LogP contribution is 2.42. The minimum atomic E-state index is 0.241. The van der Waals surface area contributed by atoms with Crippen molar-refractivity contribution in [3.05, 3.63) is 35.4 Å². The first-order valence-corrected chi connectivity index (χ1v) is 7.83. The fourth-order valence-electron chi connectivity index (χ4n) is 2.91. The highest BCUT2D eigenvalue weighted by molar-refractivity contribution is 5.27. The van der Waals surface area contributed by atoms with E-state index in [1.165, 1.54) is 31.2 Å².